The van der Waals surface area contributed by atoms with E-state index in [1.807, 2.05) is 0 Å². The number of aromatic nitrogens is 1. The molecule has 1 aliphatic carbocycles. The summed E-state index contributed by atoms with van der Waals surface area (Å²) >= 11 is 0. The molecule has 2 unspecified atom stereocenters. The van der Waals surface area contributed by atoms with E-state index >= 15 is 0 Å². The van der Waals surface area contributed by atoms with Crippen molar-refractivity contribution in [2.24, 2.45) is 17.6 Å². The minimum atomic E-state index is -0.994. The molecular weight excluding hydrogens is 445 g/mol. The minimum Gasteiger partial charge on any atom is -0.446 e. The number of fused-ring (bicyclic) bond motifs is 1. The van der Waals surface area contributed by atoms with Gasteiger partial charge in [-0.2, -0.15) is 0 Å². The predicted molar refractivity (Wildman–Crippen MR) is 119 cm³/mol. The number of hydrogen-bond donors (Lipinski definition) is 1. The number of carbonyl (C=O) groups is 3. The number of nitrogens with zero attached hydrogens (tertiary/aromatic N) is 2. The zero-order chi connectivity index (χ0) is 24.1. The molecule has 1 aromatic heterocycles. The Morgan fingerprint density at radius 1 is 1.18 bits per heavy atom. The fraction of sp³-hybridized carbons (Fsp3) is 0.583. The number of amides is 2. The van der Waals surface area contributed by atoms with E-state index in [4.69, 9.17) is 19.6 Å². The monoisotopic (exact) mass is 475 g/mol. The Bertz CT molecular complexity index is 1030. The van der Waals surface area contributed by atoms with E-state index in [0.29, 0.717) is 31.8 Å². The Hall–Kier alpha value is -3.01. The summed E-state index contributed by atoms with van der Waals surface area (Å²) in [5, 5.41) is 0. The Morgan fingerprint density at radius 3 is 2.62 bits per heavy atom. The van der Waals surface area contributed by atoms with E-state index in [1.54, 1.807) is 4.90 Å². The first-order valence-corrected chi connectivity index (χ1v) is 11.8. The maximum Gasteiger partial charge on any atom is 0.404 e. The third kappa shape index (κ3) is 5.91. The SMILES string of the molecule is NC(=O)OC(CC(=O)N1CCOCC1)CC(C(=O)c1nc2ccc(F)cc2o1)C1CCCCC1. The zero-order valence-electron chi connectivity index (χ0n) is 19.0. The van der Waals surface area contributed by atoms with E-state index in [1.165, 1.54) is 18.2 Å². The second-order valence-corrected chi connectivity index (χ2v) is 8.99. The summed E-state index contributed by atoms with van der Waals surface area (Å²) in [6.45, 7) is 1.84. The number of hydrogen-bond acceptors (Lipinski definition) is 7. The van der Waals surface area contributed by atoms with Crippen LogP contribution in [0.15, 0.2) is 22.6 Å². The van der Waals surface area contributed by atoms with Crippen molar-refractivity contribution in [1.82, 2.24) is 9.88 Å². The summed E-state index contributed by atoms with van der Waals surface area (Å²) < 4.78 is 29.8. The van der Waals surface area contributed by atoms with Crippen LogP contribution < -0.4 is 5.73 Å². The molecule has 1 saturated carbocycles. The third-order valence-corrected chi connectivity index (χ3v) is 6.68. The van der Waals surface area contributed by atoms with E-state index in [-0.39, 0.29) is 41.9 Å². The Labute approximate surface area is 196 Å². The Morgan fingerprint density at radius 2 is 1.91 bits per heavy atom. The molecule has 184 valence electrons. The van der Waals surface area contributed by atoms with Gasteiger partial charge >= 0.3 is 6.09 Å². The summed E-state index contributed by atoms with van der Waals surface area (Å²) in [6.07, 6.45) is 2.96. The van der Waals surface area contributed by atoms with Crippen LogP contribution in [0.4, 0.5) is 9.18 Å². The molecule has 1 aromatic carbocycles. The molecule has 34 heavy (non-hydrogen) atoms. The quantitative estimate of drug-likeness (QED) is 0.580. The highest BCUT2D eigenvalue weighted by molar-refractivity contribution is 5.96. The van der Waals surface area contributed by atoms with Crippen LogP contribution in [-0.2, 0) is 14.3 Å². The third-order valence-electron chi connectivity index (χ3n) is 6.68. The lowest BCUT2D eigenvalue weighted by Gasteiger charge is -2.32. The highest BCUT2D eigenvalue weighted by Crippen LogP contribution is 2.36. The summed E-state index contributed by atoms with van der Waals surface area (Å²) in [5.74, 6) is -1.64. The lowest BCUT2D eigenvalue weighted by Crippen LogP contribution is -2.43. The first-order chi connectivity index (χ1) is 16.4. The standard InChI is InChI=1S/C24H30FN3O6/c25-16-6-7-19-20(12-16)34-23(27-19)22(30)18(15-4-2-1-3-5-15)13-17(33-24(26)31)14-21(29)28-8-10-32-11-9-28/h6-7,12,15,17-18H,1-5,8-11,13-14H2,(H2,26,31). The second kappa shape index (κ2) is 10.9. The van der Waals surface area contributed by atoms with Crippen LogP contribution in [0.3, 0.4) is 0 Å². The number of primary amides is 1. The first-order valence-electron chi connectivity index (χ1n) is 11.8. The molecule has 2 amide bonds. The molecule has 2 atom stereocenters. The number of rotatable bonds is 8. The lowest BCUT2D eigenvalue weighted by molar-refractivity contribution is -0.137. The molecule has 2 fully saturated rings. The van der Waals surface area contributed by atoms with Gasteiger partial charge in [0.05, 0.1) is 19.6 Å². The van der Waals surface area contributed by atoms with Gasteiger partial charge in [-0.25, -0.2) is 14.2 Å². The van der Waals surface area contributed by atoms with Crippen LogP contribution in [0.25, 0.3) is 11.1 Å². The van der Waals surface area contributed by atoms with Crippen LogP contribution in [-0.4, -0.2) is 60.1 Å². The van der Waals surface area contributed by atoms with E-state index in [9.17, 15) is 18.8 Å². The number of morpholine rings is 1. The van der Waals surface area contributed by atoms with Crippen molar-refractivity contribution in [3.63, 3.8) is 0 Å². The van der Waals surface area contributed by atoms with Crippen molar-refractivity contribution < 1.29 is 32.7 Å². The summed E-state index contributed by atoms with van der Waals surface area (Å²) in [6, 6.07) is 3.90. The van der Waals surface area contributed by atoms with Gasteiger partial charge in [-0.05, 0) is 37.3 Å². The number of Topliss-reactive ketones (excluding diaryl/α,β-unsaturated/α-hetero) is 1. The molecule has 1 aliphatic heterocycles. The van der Waals surface area contributed by atoms with Gasteiger partial charge in [0.2, 0.25) is 11.7 Å². The van der Waals surface area contributed by atoms with E-state index in [2.05, 4.69) is 4.98 Å². The highest BCUT2D eigenvalue weighted by Gasteiger charge is 2.37. The number of ether oxygens (including phenoxy) is 2. The Balaban J connectivity index is 1.56. The largest absolute Gasteiger partial charge is 0.446 e. The molecule has 1 saturated heterocycles. The van der Waals surface area contributed by atoms with Crippen LogP contribution in [0.5, 0.6) is 0 Å². The molecule has 2 N–H and O–H groups in total. The zero-order valence-corrected chi connectivity index (χ0v) is 19.0. The van der Waals surface area contributed by atoms with Gasteiger partial charge in [0.25, 0.3) is 5.89 Å². The molecule has 2 heterocycles. The Kier molecular flexibility index (Phi) is 7.77. The van der Waals surface area contributed by atoms with Crippen molar-refractivity contribution in [3.8, 4) is 0 Å². The molecule has 2 aliphatic rings. The molecule has 9 nitrogen and oxygen atoms in total. The molecule has 0 radical (unpaired) electrons. The van der Waals surface area contributed by atoms with Gasteiger partial charge in [0.15, 0.2) is 5.58 Å². The summed E-state index contributed by atoms with van der Waals surface area (Å²) in [5.41, 5.74) is 5.88. The smallest absolute Gasteiger partial charge is 0.404 e. The molecule has 4 rings (SSSR count). The van der Waals surface area contributed by atoms with Crippen molar-refractivity contribution in [2.75, 3.05) is 26.3 Å². The van der Waals surface area contributed by atoms with Gasteiger partial charge < -0.3 is 24.5 Å². The normalized spacial score (nSPS) is 19.0. The number of ketones is 1. The molecule has 10 heteroatoms. The van der Waals surface area contributed by atoms with Gasteiger partial charge in [0.1, 0.15) is 17.4 Å². The van der Waals surface area contributed by atoms with Crippen molar-refractivity contribution in [3.05, 3.63) is 29.9 Å². The number of benzene rings is 1. The number of carbonyl (C=O) groups excluding carboxylic acids is 3. The topological polar surface area (TPSA) is 125 Å². The number of oxazole rings is 1. The lowest BCUT2D eigenvalue weighted by atomic mass is 9.75. The average molecular weight is 476 g/mol. The fourth-order valence-electron chi connectivity index (χ4n) is 4.97. The average Bonchev–Trinajstić information content (AvgIpc) is 3.26. The van der Waals surface area contributed by atoms with Gasteiger partial charge in [-0.15, -0.1) is 0 Å². The molecule has 0 bridgehead atoms. The molecular formula is C24H30FN3O6. The fourth-order valence-corrected chi connectivity index (χ4v) is 4.97. The van der Waals surface area contributed by atoms with Crippen LogP contribution in [0, 0.1) is 17.7 Å². The van der Waals surface area contributed by atoms with Crippen LogP contribution in [0.2, 0.25) is 0 Å². The van der Waals surface area contributed by atoms with Gasteiger partial charge in [-0.3, -0.25) is 9.59 Å². The predicted octanol–water partition coefficient (Wildman–Crippen LogP) is 3.45. The van der Waals surface area contributed by atoms with Gasteiger partial charge in [0, 0.05) is 25.1 Å². The van der Waals surface area contributed by atoms with Gasteiger partial charge in [-0.1, -0.05) is 19.3 Å². The molecule has 0 spiro atoms. The minimum absolute atomic E-state index is 0.0328. The van der Waals surface area contributed by atoms with E-state index < -0.39 is 23.9 Å². The second-order valence-electron chi connectivity index (χ2n) is 8.99. The maximum atomic E-state index is 13.6. The first kappa shape index (κ1) is 24.1. The number of nitrogens with two attached hydrogens (primary N) is 1. The summed E-state index contributed by atoms with van der Waals surface area (Å²) in [4.78, 5) is 43.9. The van der Waals surface area contributed by atoms with Crippen molar-refractivity contribution >= 4 is 28.9 Å². The van der Waals surface area contributed by atoms with Crippen LogP contribution >= 0.6 is 0 Å². The van der Waals surface area contributed by atoms with Crippen molar-refractivity contribution in [1.29, 1.82) is 0 Å². The summed E-state index contributed by atoms with van der Waals surface area (Å²) in [7, 11) is 0. The van der Waals surface area contributed by atoms with E-state index in [0.717, 1.165) is 32.1 Å². The molecule has 2 aromatic rings. The van der Waals surface area contributed by atoms with Crippen molar-refractivity contribution in [2.45, 2.75) is 51.0 Å². The number of halogens is 1. The highest BCUT2D eigenvalue weighted by atomic mass is 19.1. The van der Waals surface area contributed by atoms with Crippen LogP contribution in [0.1, 0.15) is 55.6 Å². The maximum absolute atomic E-state index is 13.6.